The van der Waals surface area contributed by atoms with E-state index in [0.717, 1.165) is 0 Å². The van der Waals surface area contributed by atoms with Gasteiger partial charge in [0.15, 0.2) is 0 Å². The molecule has 2 nitrogen and oxygen atoms in total. The van der Waals surface area contributed by atoms with E-state index in [1.165, 1.54) is 0 Å². The molecule has 0 saturated heterocycles. The first kappa shape index (κ1) is 26.3. The van der Waals surface area contributed by atoms with Crippen molar-refractivity contribution in [3.63, 3.8) is 0 Å². The average molecular weight is 458 g/mol. The van der Waals surface area contributed by atoms with Crippen molar-refractivity contribution in [2.24, 2.45) is 0 Å². The van der Waals surface area contributed by atoms with Crippen LogP contribution in [0.5, 0.6) is 0 Å². The van der Waals surface area contributed by atoms with Crippen LogP contribution in [0.1, 0.15) is 0 Å². The van der Waals surface area contributed by atoms with E-state index >= 15 is 0 Å². The van der Waals surface area contributed by atoms with Crippen molar-refractivity contribution in [3.8, 4) is 0 Å². The molecule has 0 aliphatic heterocycles. The Hall–Kier alpha value is 2.36. The van der Waals surface area contributed by atoms with E-state index in [1.807, 2.05) is 0 Å². The Balaban J connectivity index is -0.000000256. The van der Waals surface area contributed by atoms with Crippen LogP contribution in [0.4, 0.5) is 0 Å². The second kappa shape index (κ2) is 9.49. The van der Waals surface area contributed by atoms with Gasteiger partial charge in [-0.15, -0.1) is 0 Å². The molecule has 0 fully saturated rings. The van der Waals surface area contributed by atoms with E-state index in [2.05, 4.69) is 78.6 Å². The summed E-state index contributed by atoms with van der Waals surface area (Å²) < 4.78 is 9.64. The van der Waals surface area contributed by atoms with E-state index in [9.17, 15) is 0 Å². The smallest absolute Gasteiger partial charge is 0.668 e. The number of nitrogens with zero attached hydrogens (tertiary/aromatic N) is 2. The van der Waals surface area contributed by atoms with Gasteiger partial charge < -0.3 is 9.30 Å². The first-order valence-electron chi connectivity index (χ1n) is 6.89. The Kier molecular flexibility index (Phi) is 13.1. The van der Waals surface area contributed by atoms with E-state index < -0.39 is 32.9 Å². The van der Waals surface area contributed by atoms with E-state index in [-0.39, 0.29) is 48.9 Å². The zero-order valence-electron chi connectivity index (χ0n) is 15.6. The molecule has 0 N–H and O–H groups in total. The SMILES string of the molecule is C[Si](C)(C)[N-][Si](C)(C)C.C[Si](C)(C)[N-][Si](C)(C)C.[Ba+2]. The molecule has 0 aliphatic carbocycles. The van der Waals surface area contributed by atoms with Gasteiger partial charge in [0, 0.05) is 0 Å². The van der Waals surface area contributed by atoms with E-state index in [0.29, 0.717) is 0 Å². The molecule has 0 unspecified atom stereocenters. The molecule has 0 bridgehead atoms. The Morgan fingerprint density at radius 2 is 0.474 bits per heavy atom. The van der Waals surface area contributed by atoms with Crippen molar-refractivity contribution in [2.45, 2.75) is 78.6 Å². The predicted octanol–water partition coefficient (Wildman–Crippen LogP) is 5.68. The van der Waals surface area contributed by atoms with Gasteiger partial charge in [0.25, 0.3) is 0 Å². The summed E-state index contributed by atoms with van der Waals surface area (Å²) in [6.45, 7) is 27.6. The van der Waals surface area contributed by atoms with Crippen LogP contribution in [0.3, 0.4) is 0 Å². The molecule has 0 atom stereocenters. The molecule has 0 aromatic rings. The van der Waals surface area contributed by atoms with Gasteiger partial charge in [-0.25, -0.2) is 0 Å². The first-order chi connectivity index (χ1) is 7.41. The van der Waals surface area contributed by atoms with Crippen LogP contribution in [0.15, 0.2) is 0 Å². The van der Waals surface area contributed by atoms with Gasteiger partial charge in [-0.2, -0.15) is 0 Å². The fourth-order valence-electron chi connectivity index (χ4n) is 2.01. The third-order valence-electron chi connectivity index (χ3n) is 1.34. The van der Waals surface area contributed by atoms with Crippen LogP contribution in [-0.2, 0) is 0 Å². The fourth-order valence-corrected chi connectivity index (χ4v) is 18.1. The van der Waals surface area contributed by atoms with E-state index in [4.69, 9.17) is 9.30 Å². The molecule has 0 rings (SSSR count). The molecule has 0 aromatic heterocycles. The topological polar surface area (TPSA) is 28.2 Å². The molecule has 0 aliphatic rings. The molecule has 112 valence electrons. The van der Waals surface area contributed by atoms with Crippen LogP contribution in [-0.4, -0.2) is 81.8 Å². The Bertz CT molecular complexity index is 184. The molecule has 0 amide bonds. The molecule has 0 aromatic carbocycles. The standard InChI is InChI=1S/2C6H18NSi2.Ba/c2*1-8(2,3)7-9(4,5)6;/h2*1-6H3;/q2*-1;+2. The Labute approximate surface area is 167 Å². The van der Waals surface area contributed by atoms with Gasteiger partial charge in [0.1, 0.15) is 0 Å². The number of hydrogen-bond acceptors (Lipinski definition) is 0. The van der Waals surface area contributed by atoms with Gasteiger partial charge in [-0.3, -0.25) is 0 Å². The van der Waals surface area contributed by atoms with Crippen molar-refractivity contribution in [2.75, 3.05) is 0 Å². The summed E-state index contributed by atoms with van der Waals surface area (Å²) in [6, 6.07) is 0. The predicted molar refractivity (Wildman–Crippen MR) is 106 cm³/mol. The summed E-state index contributed by atoms with van der Waals surface area (Å²) in [6.07, 6.45) is 0. The number of rotatable bonds is 4. The van der Waals surface area contributed by atoms with Crippen LogP contribution >= 0.6 is 0 Å². The number of hydrogen-bond donors (Lipinski definition) is 0. The van der Waals surface area contributed by atoms with Crippen molar-refractivity contribution in [1.82, 2.24) is 0 Å². The van der Waals surface area contributed by atoms with Crippen molar-refractivity contribution >= 4 is 81.8 Å². The summed E-state index contributed by atoms with van der Waals surface area (Å²) in [5, 5.41) is 0. The maximum absolute atomic E-state index is 4.82. The van der Waals surface area contributed by atoms with Gasteiger partial charge in [0.2, 0.25) is 0 Å². The van der Waals surface area contributed by atoms with Gasteiger partial charge >= 0.3 is 48.9 Å². The second-order valence-corrected chi connectivity index (χ2v) is 28.1. The molecular formula is C12H36BaN2Si4. The largest absolute Gasteiger partial charge is 2.00 e. The van der Waals surface area contributed by atoms with Crippen molar-refractivity contribution in [1.29, 1.82) is 0 Å². The maximum atomic E-state index is 4.82. The van der Waals surface area contributed by atoms with Gasteiger partial charge in [-0.05, 0) is 0 Å². The van der Waals surface area contributed by atoms with E-state index in [1.54, 1.807) is 0 Å². The van der Waals surface area contributed by atoms with Crippen LogP contribution in [0.25, 0.3) is 9.30 Å². The minimum Gasteiger partial charge on any atom is -0.668 e. The summed E-state index contributed by atoms with van der Waals surface area (Å²) >= 11 is 0. The zero-order chi connectivity index (χ0) is 15.4. The molecule has 7 heteroatoms. The summed E-state index contributed by atoms with van der Waals surface area (Å²) in [4.78, 5) is 0. The zero-order valence-corrected chi connectivity index (χ0v) is 24.0. The van der Waals surface area contributed by atoms with Crippen molar-refractivity contribution in [3.05, 3.63) is 9.30 Å². The second-order valence-electron chi connectivity index (χ2n) is 8.91. The minimum atomic E-state index is -1.11. The van der Waals surface area contributed by atoms with Gasteiger partial charge in [-0.1, -0.05) is 112 Å². The summed E-state index contributed by atoms with van der Waals surface area (Å²) in [5.74, 6) is 0. The third kappa shape index (κ3) is 33.3. The molecule has 19 heavy (non-hydrogen) atoms. The third-order valence-corrected chi connectivity index (χ3v) is 12.1. The van der Waals surface area contributed by atoms with Crippen LogP contribution < -0.4 is 0 Å². The Morgan fingerprint density at radius 3 is 0.474 bits per heavy atom. The average Bonchev–Trinajstić information content (AvgIpc) is 1.64. The van der Waals surface area contributed by atoms with Crippen molar-refractivity contribution < 1.29 is 0 Å². The maximum Gasteiger partial charge on any atom is 2.00 e. The molecule has 0 saturated carbocycles. The molecule has 0 radical (unpaired) electrons. The van der Waals surface area contributed by atoms with Crippen LogP contribution in [0, 0.1) is 0 Å². The Morgan fingerprint density at radius 1 is 0.368 bits per heavy atom. The molecular weight excluding hydrogens is 422 g/mol. The molecule has 0 heterocycles. The summed E-state index contributed by atoms with van der Waals surface area (Å²) in [7, 11) is -4.42. The quantitative estimate of drug-likeness (QED) is 0.486. The fraction of sp³-hybridized carbons (Fsp3) is 1.00. The molecule has 0 spiro atoms. The minimum absolute atomic E-state index is 0. The van der Waals surface area contributed by atoms with Crippen LogP contribution in [0.2, 0.25) is 78.6 Å². The summed E-state index contributed by atoms with van der Waals surface area (Å²) in [5.41, 5.74) is 0. The van der Waals surface area contributed by atoms with Gasteiger partial charge in [0.05, 0.1) is 0 Å². The first-order valence-corrected chi connectivity index (χ1v) is 20.7. The monoisotopic (exact) mass is 458 g/mol. The normalized spacial score (nSPS) is 13.3.